The van der Waals surface area contributed by atoms with Crippen LogP contribution in [0.1, 0.15) is 29.4 Å². The van der Waals surface area contributed by atoms with E-state index in [0.717, 1.165) is 24.2 Å². The summed E-state index contributed by atoms with van der Waals surface area (Å²) in [6, 6.07) is 3.05. The van der Waals surface area contributed by atoms with Gasteiger partial charge in [-0.25, -0.2) is 0 Å². The Morgan fingerprint density at radius 1 is 1.63 bits per heavy atom. The predicted octanol–water partition coefficient (Wildman–Crippen LogP) is 1.86. The average molecular weight is 283 g/mol. The highest BCUT2D eigenvalue weighted by Gasteiger charge is 2.29. The second kappa shape index (κ2) is 5.66. The summed E-state index contributed by atoms with van der Waals surface area (Å²) < 4.78 is 0. The van der Waals surface area contributed by atoms with Gasteiger partial charge in [-0.15, -0.1) is 0 Å². The van der Waals surface area contributed by atoms with Crippen molar-refractivity contribution in [1.29, 1.82) is 0 Å². The number of piperidine rings is 1. The van der Waals surface area contributed by atoms with Gasteiger partial charge in [-0.2, -0.15) is 0 Å². The van der Waals surface area contributed by atoms with Gasteiger partial charge in [0.25, 0.3) is 5.91 Å². The number of hydrogen-bond donors (Lipinski definition) is 1. The molecule has 1 aliphatic rings. The molecule has 0 aromatic carbocycles. The van der Waals surface area contributed by atoms with Gasteiger partial charge in [0.1, 0.15) is 0 Å². The number of carbonyl (C=O) groups excluding carboxylic acids is 1. The summed E-state index contributed by atoms with van der Waals surface area (Å²) in [6.07, 6.45) is 1.73. The van der Waals surface area contributed by atoms with Crippen molar-refractivity contribution < 1.29 is 9.72 Å². The van der Waals surface area contributed by atoms with E-state index < -0.39 is 4.92 Å². The summed E-state index contributed by atoms with van der Waals surface area (Å²) in [6.45, 7) is 3.33. The lowest BCUT2D eigenvalue weighted by Gasteiger charge is -2.36. The number of rotatable bonds is 3. The van der Waals surface area contributed by atoms with Gasteiger partial charge >= 0.3 is 5.00 Å². The molecule has 104 valence electrons. The molecule has 1 aromatic heterocycles. The summed E-state index contributed by atoms with van der Waals surface area (Å²) in [5.41, 5.74) is 6.01. The maximum atomic E-state index is 12.3. The molecular formula is C12H17N3O3S. The van der Waals surface area contributed by atoms with Crippen molar-refractivity contribution in [1.82, 2.24) is 4.90 Å². The van der Waals surface area contributed by atoms with Crippen molar-refractivity contribution in [2.24, 2.45) is 11.7 Å². The SMILES string of the molecule is CCC1CN(C(=O)c2ccc([N+](=O)[O-])s2)CCC1N. The van der Waals surface area contributed by atoms with Crippen LogP contribution in [0.4, 0.5) is 5.00 Å². The minimum atomic E-state index is -0.470. The van der Waals surface area contributed by atoms with Gasteiger partial charge in [0.2, 0.25) is 0 Å². The Bertz CT molecular complexity index is 488. The molecule has 1 aliphatic heterocycles. The molecule has 1 fully saturated rings. The summed E-state index contributed by atoms with van der Waals surface area (Å²) in [4.78, 5) is 24.6. The van der Waals surface area contributed by atoms with Crippen molar-refractivity contribution >= 4 is 22.2 Å². The number of thiophene rings is 1. The molecule has 1 saturated heterocycles. The quantitative estimate of drug-likeness (QED) is 0.677. The second-order valence-electron chi connectivity index (χ2n) is 4.77. The van der Waals surface area contributed by atoms with Crippen LogP contribution in [0.15, 0.2) is 12.1 Å². The number of carbonyl (C=O) groups is 1. The monoisotopic (exact) mass is 283 g/mol. The van der Waals surface area contributed by atoms with Gasteiger partial charge < -0.3 is 10.6 Å². The standard InChI is InChI=1S/C12H17N3O3S/c1-2-8-7-14(6-5-9(8)13)12(16)10-3-4-11(19-10)15(17)18/h3-4,8-9H,2,5-7,13H2,1H3. The normalized spacial score (nSPS) is 23.4. The fourth-order valence-corrected chi connectivity index (χ4v) is 3.15. The number of nitrogens with two attached hydrogens (primary N) is 1. The Kier molecular flexibility index (Phi) is 4.16. The van der Waals surface area contributed by atoms with Gasteiger partial charge in [0.05, 0.1) is 9.80 Å². The van der Waals surface area contributed by atoms with Crippen molar-refractivity contribution in [2.75, 3.05) is 13.1 Å². The van der Waals surface area contributed by atoms with Crippen LogP contribution in [-0.2, 0) is 0 Å². The Morgan fingerprint density at radius 3 is 2.95 bits per heavy atom. The lowest BCUT2D eigenvalue weighted by Crippen LogP contribution is -2.48. The van der Waals surface area contributed by atoms with Crippen LogP contribution in [0.3, 0.4) is 0 Å². The predicted molar refractivity (Wildman–Crippen MR) is 73.3 cm³/mol. The van der Waals surface area contributed by atoms with Crippen molar-refractivity contribution in [3.05, 3.63) is 27.1 Å². The topological polar surface area (TPSA) is 89.5 Å². The van der Waals surface area contributed by atoms with E-state index in [1.807, 2.05) is 0 Å². The van der Waals surface area contributed by atoms with Gasteiger partial charge in [-0.05, 0) is 18.4 Å². The lowest BCUT2D eigenvalue weighted by atomic mass is 9.90. The Labute approximate surface area is 115 Å². The highest BCUT2D eigenvalue weighted by atomic mass is 32.1. The average Bonchev–Trinajstić information content (AvgIpc) is 2.88. The van der Waals surface area contributed by atoms with E-state index in [-0.39, 0.29) is 17.0 Å². The Balaban J connectivity index is 2.08. The zero-order valence-electron chi connectivity index (χ0n) is 10.7. The molecule has 1 aromatic rings. The third kappa shape index (κ3) is 2.93. The number of nitrogens with zero attached hydrogens (tertiary/aromatic N) is 2. The molecule has 2 heterocycles. The minimum Gasteiger partial charge on any atom is -0.338 e. The van der Waals surface area contributed by atoms with E-state index in [4.69, 9.17) is 5.73 Å². The van der Waals surface area contributed by atoms with Crippen LogP contribution in [0.2, 0.25) is 0 Å². The zero-order valence-corrected chi connectivity index (χ0v) is 11.6. The Morgan fingerprint density at radius 2 is 2.37 bits per heavy atom. The molecule has 0 radical (unpaired) electrons. The first-order chi connectivity index (χ1) is 9.02. The smallest absolute Gasteiger partial charge is 0.324 e. The molecular weight excluding hydrogens is 266 g/mol. The molecule has 2 rings (SSSR count). The molecule has 0 saturated carbocycles. The van der Waals surface area contributed by atoms with Gasteiger partial charge in [-0.1, -0.05) is 24.7 Å². The number of nitro groups is 1. The van der Waals surface area contributed by atoms with E-state index in [2.05, 4.69) is 6.92 Å². The summed E-state index contributed by atoms with van der Waals surface area (Å²) >= 11 is 0.931. The van der Waals surface area contributed by atoms with E-state index in [1.54, 1.807) is 4.90 Å². The first kappa shape index (κ1) is 14.0. The van der Waals surface area contributed by atoms with Crippen LogP contribution in [0.25, 0.3) is 0 Å². The summed E-state index contributed by atoms with van der Waals surface area (Å²) in [7, 11) is 0. The van der Waals surface area contributed by atoms with Crippen molar-refractivity contribution in [2.45, 2.75) is 25.8 Å². The van der Waals surface area contributed by atoms with Crippen LogP contribution in [0, 0.1) is 16.0 Å². The molecule has 6 nitrogen and oxygen atoms in total. The number of hydrogen-bond acceptors (Lipinski definition) is 5. The maximum Gasteiger partial charge on any atom is 0.324 e. The van der Waals surface area contributed by atoms with Crippen LogP contribution in [0.5, 0.6) is 0 Å². The maximum absolute atomic E-state index is 12.3. The molecule has 2 atom stereocenters. The molecule has 7 heteroatoms. The van der Waals surface area contributed by atoms with Crippen LogP contribution < -0.4 is 5.73 Å². The molecule has 2 N–H and O–H groups in total. The van der Waals surface area contributed by atoms with Gasteiger partial charge in [0, 0.05) is 25.2 Å². The van der Waals surface area contributed by atoms with Crippen LogP contribution >= 0.6 is 11.3 Å². The van der Waals surface area contributed by atoms with Crippen LogP contribution in [-0.4, -0.2) is 34.9 Å². The third-order valence-corrected chi connectivity index (χ3v) is 4.61. The molecule has 0 aliphatic carbocycles. The summed E-state index contributed by atoms with van der Waals surface area (Å²) in [5, 5.41) is 10.6. The summed E-state index contributed by atoms with van der Waals surface area (Å²) in [5.74, 6) is 0.191. The first-order valence-corrected chi connectivity index (χ1v) is 7.13. The van der Waals surface area contributed by atoms with E-state index in [0.29, 0.717) is 23.9 Å². The molecule has 1 amide bonds. The highest BCUT2D eigenvalue weighted by molar-refractivity contribution is 7.17. The minimum absolute atomic E-state index is 0.00380. The van der Waals surface area contributed by atoms with Crippen molar-refractivity contribution in [3.8, 4) is 0 Å². The molecule has 19 heavy (non-hydrogen) atoms. The zero-order chi connectivity index (χ0) is 14.0. The molecule has 2 unspecified atom stereocenters. The fraction of sp³-hybridized carbons (Fsp3) is 0.583. The largest absolute Gasteiger partial charge is 0.338 e. The number of amides is 1. The van der Waals surface area contributed by atoms with Gasteiger partial charge in [0.15, 0.2) is 0 Å². The second-order valence-corrected chi connectivity index (χ2v) is 5.83. The highest BCUT2D eigenvalue weighted by Crippen LogP contribution is 2.27. The van der Waals surface area contributed by atoms with Gasteiger partial charge in [-0.3, -0.25) is 14.9 Å². The fourth-order valence-electron chi connectivity index (χ4n) is 2.36. The number of likely N-dealkylation sites (tertiary alicyclic amines) is 1. The third-order valence-electron chi connectivity index (χ3n) is 3.59. The molecule has 0 bridgehead atoms. The lowest BCUT2D eigenvalue weighted by molar-refractivity contribution is -0.380. The van der Waals surface area contributed by atoms with E-state index in [1.165, 1.54) is 12.1 Å². The first-order valence-electron chi connectivity index (χ1n) is 6.32. The van der Waals surface area contributed by atoms with E-state index in [9.17, 15) is 14.9 Å². The van der Waals surface area contributed by atoms with Crippen molar-refractivity contribution in [3.63, 3.8) is 0 Å². The van der Waals surface area contributed by atoms with E-state index >= 15 is 0 Å². The Hall–Kier alpha value is -1.47. The molecule has 0 spiro atoms.